The summed E-state index contributed by atoms with van der Waals surface area (Å²) >= 11 is 0. The third kappa shape index (κ3) is 3.79. The van der Waals surface area contributed by atoms with E-state index in [0.29, 0.717) is 11.5 Å². The summed E-state index contributed by atoms with van der Waals surface area (Å²) < 4.78 is 11.4. The fourth-order valence-electron chi connectivity index (χ4n) is 3.65. The van der Waals surface area contributed by atoms with Crippen LogP contribution in [0.5, 0.6) is 11.5 Å². The van der Waals surface area contributed by atoms with Crippen molar-refractivity contribution in [1.29, 1.82) is 0 Å². The summed E-state index contributed by atoms with van der Waals surface area (Å²) in [6.45, 7) is 1.63. The molecular formula is C25H23NO4. The van der Waals surface area contributed by atoms with E-state index in [-0.39, 0.29) is 18.6 Å². The maximum absolute atomic E-state index is 13.0. The van der Waals surface area contributed by atoms with E-state index in [2.05, 4.69) is 0 Å². The number of esters is 1. The van der Waals surface area contributed by atoms with Gasteiger partial charge in [0.05, 0.1) is 6.04 Å². The molecule has 0 bridgehead atoms. The zero-order valence-electron chi connectivity index (χ0n) is 16.9. The summed E-state index contributed by atoms with van der Waals surface area (Å²) in [5.41, 5.74) is 2.49. The minimum atomic E-state index is -0.629. The van der Waals surface area contributed by atoms with Crippen molar-refractivity contribution in [1.82, 2.24) is 4.90 Å². The maximum atomic E-state index is 13.0. The molecule has 0 aromatic heterocycles. The Morgan fingerprint density at radius 2 is 1.43 bits per heavy atom. The molecule has 1 aliphatic rings. The number of carbonyl (C=O) groups is 2. The van der Waals surface area contributed by atoms with Crippen LogP contribution in [-0.2, 0) is 14.3 Å². The highest BCUT2D eigenvalue weighted by Gasteiger charge is 2.34. The van der Waals surface area contributed by atoms with Gasteiger partial charge in [-0.15, -0.1) is 0 Å². The van der Waals surface area contributed by atoms with Gasteiger partial charge >= 0.3 is 5.97 Å². The Morgan fingerprint density at radius 3 is 2.03 bits per heavy atom. The molecule has 5 heteroatoms. The lowest BCUT2D eigenvalue weighted by Crippen LogP contribution is -2.34. The van der Waals surface area contributed by atoms with E-state index in [9.17, 15) is 9.59 Å². The van der Waals surface area contributed by atoms with Crippen LogP contribution in [0.2, 0.25) is 0 Å². The van der Waals surface area contributed by atoms with Gasteiger partial charge in [-0.3, -0.25) is 9.59 Å². The summed E-state index contributed by atoms with van der Waals surface area (Å²) in [5, 5.41) is 0. The van der Waals surface area contributed by atoms with Crippen molar-refractivity contribution >= 4 is 11.9 Å². The summed E-state index contributed by atoms with van der Waals surface area (Å²) in [5.74, 6) is -0.102. The highest BCUT2D eigenvalue weighted by Crippen LogP contribution is 2.44. The Labute approximate surface area is 175 Å². The molecule has 0 spiro atoms. The van der Waals surface area contributed by atoms with Crippen LogP contribution in [0.15, 0.2) is 78.9 Å². The molecule has 1 atom stereocenters. The Balaban J connectivity index is 1.49. The van der Waals surface area contributed by atoms with Gasteiger partial charge in [0.25, 0.3) is 5.91 Å². The first kappa shape index (κ1) is 19.7. The molecule has 5 nitrogen and oxygen atoms in total. The number of ether oxygens (including phenoxy) is 2. The average molecular weight is 401 g/mol. The second-order valence-corrected chi connectivity index (χ2v) is 7.31. The molecule has 30 heavy (non-hydrogen) atoms. The van der Waals surface area contributed by atoms with Gasteiger partial charge in [-0.25, -0.2) is 0 Å². The summed E-state index contributed by atoms with van der Waals surface area (Å²) in [6.07, 6.45) is 0. The van der Waals surface area contributed by atoms with Crippen LogP contribution < -0.4 is 4.74 Å². The number of para-hydroxylation sites is 2. The molecule has 0 radical (unpaired) electrons. The van der Waals surface area contributed by atoms with Gasteiger partial charge in [0.2, 0.25) is 0 Å². The van der Waals surface area contributed by atoms with Crippen molar-refractivity contribution in [3.63, 3.8) is 0 Å². The molecule has 0 saturated carbocycles. The first-order valence-electron chi connectivity index (χ1n) is 9.89. The van der Waals surface area contributed by atoms with Crippen LogP contribution in [0.4, 0.5) is 0 Å². The number of carbonyl (C=O) groups excluding carboxylic acids is 2. The molecule has 1 heterocycles. The predicted octanol–water partition coefficient (Wildman–Crippen LogP) is 4.69. The molecule has 0 aliphatic carbocycles. The minimum absolute atomic E-state index is 0.123. The number of rotatable bonds is 5. The zero-order chi connectivity index (χ0) is 21.1. The van der Waals surface area contributed by atoms with E-state index in [1.165, 1.54) is 0 Å². The van der Waals surface area contributed by atoms with Gasteiger partial charge in [0.15, 0.2) is 6.61 Å². The molecule has 4 rings (SSSR count). The van der Waals surface area contributed by atoms with Crippen molar-refractivity contribution in [3.8, 4) is 11.5 Å². The van der Waals surface area contributed by atoms with Crippen LogP contribution in [0.25, 0.3) is 0 Å². The molecule has 152 valence electrons. The number of fused-ring (bicyclic) bond motifs is 2. The van der Waals surface area contributed by atoms with Crippen LogP contribution in [-0.4, -0.2) is 30.4 Å². The lowest BCUT2D eigenvalue weighted by Gasteiger charge is -2.28. The van der Waals surface area contributed by atoms with Gasteiger partial charge < -0.3 is 14.4 Å². The van der Waals surface area contributed by atoms with E-state index in [1.807, 2.05) is 85.8 Å². The SMILES string of the molecule is CC(c1ccccc1)N(C)C(=O)COC(=O)C1c2ccccc2Oc2ccccc21. The van der Waals surface area contributed by atoms with Crippen molar-refractivity contribution in [2.75, 3.05) is 13.7 Å². The Kier molecular flexibility index (Phi) is 5.53. The summed E-state index contributed by atoms with van der Waals surface area (Å²) in [7, 11) is 1.72. The first-order valence-corrected chi connectivity index (χ1v) is 9.89. The molecule has 1 amide bonds. The van der Waals surface area contributed by atoms with Crippen LogP contribution in [0, 0.1) is 0 Å². The van der Waals surface area contributed by atoms with E-state index in [1.54, 1.807) is 11.9 Å². The molecule has 3 aromatic carbocycles. The number of benzene rings is 3. The fourth-order valence-corrected chi connectivity index (χ4v) is 3.65. The first-order chi connectivity index (χ1) is 14.6. The highest BCUT2D eigenvalue weighted by atomic mass is 16.5. The van der Waals surface area contributed by atoms with E-state index < -0.39 is 11.9 Å². The van der Waals surface area contributed by atoms with Crippen LogP contribution in [0.1, 0.15) is 35.6 Å². The molecule has 0 saturated heterocycles. The monoisotopic (exact) mass is 401 g/mol. The molecule has 0 N–H and O–H groups in total. The summed E-state index contributed by atoms with van der Waals surface area (Å²) in [4.78, 5) is 27.3. The maximum Gasteiger partial charge on any atom is 0.318 e. The smallest absolute Gasteiger partial charge is 0.318 e. The fraction of sp³-hybridized carbons (Fsp3) is 0.200. The van der Waals surface area contributed by atoms with Gasteiger partial charge in [0, 0.05) is 18.2 Å². The van der Waals surface area contributed by atoms with Crippen LogP contribution in [0.3, 0.4) is 0 Å². The Hall–Kier alpha value is -3.60. The number of hydrogen-bond acceptors (Lipinski definition) is 4. The molecule has 1 aliphatic heterocycles. The lowest BCUT2D eigenvalue weighted by atomic mass is 9.88. The Bertz CT molecular complexity index is 1020. The zero-order valence-corrected chi connectivity index (χ0v) is 16.9. The molecule has 0 fully saturated rings. The number of hydrogen-bond donors (Lipinski definition) is 0. The second-order valence-electron chi connectivity index (χ2n) is 7.31. The molecule has 1 unspecified atom stereocenters. The van der Waals surface area contributed by atoms with E-state index in [4.69, 9.17) is 9.47 Å². The predicted molar refractivity (Wildman–Crippen MR) is 113 cm³/mol. The lowest BCUT2D eigenvalue weighted by molar-refractivity contribution is -0.153. The largest absolute Gasteiger partial charge is 0.457 e. The normalized spacial score (nSPS) is 13.4. The number of nitrogens with zero attached hydrogens (tertiary/aromatic N) is 1. The Morgan fingerprint density at radius 1 is 0.900 bits per heavy atom. The van der Waals surface area contributed by atoms with Crippen molar-refractivity contribution in [2.24, 2.45) is 0 Å². The van der Waals surface area contributed by atoms with Gasteiger partial charge in [-0.05, 0) is 24.6 Å². The third-order valence-corrected chi connectivity index (χ3v) is 5.51. The van der Waals surface area contributed by atoms with Crippen LogP contribution >= 0.6 is 0 Å². The van der Waals surface area contributed by atoms with Gasteiger partial charge in [0.1, 0.15) is 17.4 Å². The third-order valence-electron chi connectivity index (χ3n) is 5.51. The average Bonchev–Trinajstić information content (AvgIpc) is 2.80. The number of likely N-dealkylation sites (N-methyl/N-ethyl adjacent to an activating group) is 1. The highest BCUT2D eigenvalue weighted by molar-refractivity contribution is 5.87. The standard InChI is InChI=1S/C25H23NO4/c1-17(18-10-4-3-5-11-18)26(2)23(27)16-29-25(28)24-19-12-6-8-14-21(19)30-22-15-9-7-13-20(22)24/h3-15,17,24H,16H2,1-2H3. The van der Waals surface area contributed by atoms with Crippen molar-refractivity contribution in [2.45, 2.75) is 18.9 Å². The molecular weight excluding hydrogens is 378 g/mol. The van der Waals surface area contributed by atoms with Crippen molar-refractivity contribution < 1.29 is 19.1 Å². The quantitative estimate of drug-likeness (QED) is 0.582. The van der Waals surface area contributed by atoms with E-state index >= 15 is 0 Å². The number of amides is 1. The topological polar surface area (TPSA) is 55.8 Å². The van der Waals surface area contributed by atoms with Gasteiger partial charge in [-0.1, -0.05) is 66.7 Å². The van der Waals surface area contributed by atoms with Crippen molar-refractivity contribution in [3.05, 3.63) is 95.6 Å². The molecule has 3 aromatic rings. The van der Waals surface area contributed by atoms with E-state index in [0.717, 1.165) is 16.7 Å². The van der Waals surface area contributed by atoms with Gasteiger partial charge in [-0.2, -0.15) is 0 Å². The minimum Gasteiger partial charge on any atom is -0.457 e. The summed E-state index contributed by atoms with van der Waals surface area (Å²) in [6, 6.07) is 24.4. The second kappa shape index (κ2) is 8.41.